The molecule has 2 aliphatic heterocycles. The van der Waals surface area contributed by atoms with Gasteiger partial charge in [-0.25, -0.2) is 14.7 Å². The highest BCUT2D eigenvalue weighted by Gasteiger charge is 2.46. The van der Waals surface area contributed by atoms with E-state index in [1.165, 1.54) is 4.90 Å². The first-order valence-electron chi connectivity index (χ1n) is 8.41. The second-order valence-electron chi connectivity index (χ2n) is 6.71. The number of carbonyl (C=O) groups is 2. The van der Waals surface area contributed by atoms with Gasteiger partial charge in [-0.05, 0) is 38.9 Å². The minimum atomic E-state index is -1.02. The second-order valence-corrected chi connectivity index (χ2v) is 6.71. The van der Waals surface area contributed by atoms with Gasteiger partial charge in [-0.15, -0.1) is 0 Å². The number of cyclic esters (lactones) is 1. The van der Waals surface area contributed by atoms with Gasteiger partial charge in [-0.1, -0.05) is 6.07 Å². The third-order valence-electron chi connectivity index (χ3n) is 4.52. The summed E-state index contributed by atoms with van der Waals surface area (Å²) in [4.78, 5) is 34.1. The van der Waals surface area contributed by atoms with E-state index in [1.807, 2.05) is 24.4 Å². The van der Waals surface area contributed by atoms with Crippen LogP contribution in [0.15, 0.2) is 24.4 Å². The molecule has 0 aromatic carbocycles. The van der Waals surface area contributed by atoms with Crippen molar-refractivity contribution in [2.75, 3.05) is 44.2 Å². The fraction of sp³-hybridized carbons (Fsp3) is 0.588. The number of imide groups is 1. The third-order valence-corrected chi connectivity index (χ3v) is 4.52. The predicted molar refractivity (Wildman–Crippen MR) is 89.8 cm³/mol. The fourth-order valence-corrected chi connectivity index (χ4v) is 3.11. The lowest BCUT2D eigenvalue weighted by Crippen LogP contribution is -2.47. The van der Waals surface area contributed by atoms with E-state index in [0.717, 1.165) is 45.0 Å². The summed E-state index contributed by atoms with van der Waals surface area (Å²) in [5.74, 6) is 0.775. The zero-order chi connectivity index (χ0) is 17.2. The first kappa shape index (κ1) is 16.7. The molecule has 3 heterocycles. The number of nitrogens with zero attached hydrogens (tertiary/aromatic N) is 4. The van der Waals surface area contributed by atoms with E-state index in [1.54, 1.807) is 13.8 Å². The van der Waals surface area contributed by atoms with Crippen molar-refractivity contribution >= 4 is 17.8 Å². The Balaban J connectivity index is 1.41. The van der Waals surface area contributed by atoms with Crippen LogP contribution in [0.1, 0.15) is 20.3 Å². The molecule has 2 fully saturated rings. The van der Waals surface area contributed by atoms with E-state index in [4.69, 9.17) is 4.74 Å². The molecule has 7 nitrogen and oxygen atoms in total. The topological polar surface area (TPSA) is 66.0 Å². The van der Waals surface area contributed by atoms with Gasteiger partial charge in [0.1, 0.15) is 5.82 Å². The standard InChI is InChI=1S/C17H24N4O3/c1-17(2)15(22)21(16(23)24-17)9-5-8-19-10-12-20(13-11-19)14-6-3-4-7-18-14/h3-4,6-7H,5,8-13H2,1-2H3. The van der Waals surface area contributed by atoms with Gasteiger partial charge in [0.2, 0.25) is 0 Å². The lowest BCUT2D eigenvalue weighted by atomic mass is 10.1. The molecule has 2 saturated heterocycles. The highest BCUT2D eigenvalue weighted by Crippen LogP contribution is 2.23. The lowest BCUT2D eigenvalue weighted by Gasteiger charge is -2.35. The molecule has 0 bridgehead atoms. The predicted octanol–water partition coefficient (Wildman–Crippen LogP) is 1.35. The van der Waals surface area contributed by atoms with Crippen LogP contribution in [0.3, 0.4) is 0 Å². The summed E-state index contributed by atoms with van der Waals surface area (Å²) < 4.78 is 5.09. The molecule has 0 radical (unpaired) electrons. The smallest absolute Gasteiger partial charge is 0.417 e. The average Bonchev–Trinajstić information content (AvgIpc) is 2.78. The molecule has 0 atom stereocenters. The Labute approximate surface area is 142 Å². The van der Waals surface area contributed by atoms with Gasteiger partial charge < -0.3 is 9.64 Å². The minimum Gasteiger partial charge on any atom is -0.433 e. The summed E-state index contributed by atoms with van der Waals surface area (Å²) in [6, 6.07) is 5.95. The van der Waals surface area contributed by atoms with Crippen LogP contribution < -0.4 is 4.90 Å². The van der Waals surface area contributed by atoms with E-state index >= 15 is 0 Å². The summed E-state index contributed by atoms with van der Waals surface area (Å²) in [6.45, 7) is 8.34. The van der Waals surface area contributed by atoms with E-state index in [2.05, 4.69) is 14.8 Å². The quantitative estimate of drug-likeness (QED) is 0.811. The van der Waals surface area contributed by atoms with Crippen LogP contribution in [-0.2, 0) is 9.53 Å². The Morgan fingerprint density at radius 1 is 1.12 bits per heavy atom. The monoisotopic (exact) mass is 332 g/mol. The molecule has 7 heteroatoms. The van der Waals surface area contributed by atoms with Crippen molar-refractivity contribution in [1.82, 2.24) is 14.8 Å². The summed E-state index contributed by atoms with van der Waals surface area (Å²) >= 11 is 0. The SMILES string of the molecule is CC1(C)OC(=O)N(CCCN2CCN(c3ccccn3)CC2)C1=O. The van der Waals surface area contributed by atoms with Crippen LogP contribution in [-0.4, -0.2) is 71.7 Å². The molecule has 0 saturated carbocycles. The maximum atomic E-state index is 12.1. The number of hydrogen-bond donors (Lipinski definition) is 0. The molecular formula is C17H24N4O3. The van der Waals surface area contributed by atoms with Gasteiger partial charge in [-0.3, -0.25) is 9.69 Å². The van der Waals surface area contributed by atoms with E-state index in [0.29, 0.717) is 6.54 Å². The molecule has 0 N–H and O–H groups in total. The first-order valence-corrected chi connectivity index (χ1v) is 8.41. The first-order chi connectivity index (χ1) is 11.5. The maximum Gasteiger partial charge on any atom is 0.417 e. The summed E-state index contributed by atoms with van der Waals surface area (Å²) in [5, 5.41) is 0. The maximum absolute atomic E-state index is 12.1. The Bertz CT molecular complexity index is 597. The number of ether oxygens (including phenoxy) is 1. The van der Waals surface area contributed by atoms with Crippen LogP contribution in [0, 0.1) is 0 Å². The number of amides is 2. The summed E-state index contributed by atoms with van der Waals surface area (Å²) in [7, 11) is 0. The van der Waals surface area contributed by atoms with E-state index in [-0.39, 0.29) is 5.91 Å². The van der Waals surface area contributed by atoms with Crippen LogP contribution in [0.4, 0.5) is 10.6 Å². The Morgan fingerprint density at radius 3 is 2.46 bits per heavy atom. The highest BCUT2D eigenvalue weighted by atomic mass is 16.6. The molecule has 0 aliphatic carbocycles. The van der Waals surface area contributed by atoms with Gasteiger partial charge in [0.15, 0.2) is 5.60 Å². The number of piperazine rings is 1. The van der Waals surface area contributed by atoms with Crippen LogP contribution >= 0.6 is 0 Å². The lowest BCUT2D eigenvalue weighted by molar-refractivity contribution is -0.134. The zero-order valence-corrected chi connectivity index (χ0v) is 14.3. The van der Waals surface area contributed by atoms with Crippen molar-refractivity contribution in [3.05, 3.63) is 24.4 Å². The molecule has 1 aromatic heterocycles. The number of anilines is 1. The number of aromatic nitrogens is 1. The number of rotatable bonds is 5. The number of pyridine rings is 1. The normalized spacial score (nSPS) is 21.2. The Morgan fingerprint density at radius 2 is 1.88 bits per heavy atom. The van der Waals surface area contributed by atoms with Crippen molar-refractivity contribution in [2.45, 2.75) is 25.9 Å². The van der Waals surface area contributed by atoms with E-state index < -0.39 is 11.7 Å². The van der Waals surface area contributed by atoms with E-state index in [9.17, 15) is 9.59 Å². The Kier molecular flexibility index (Phi) is 4.71. The largest absolute Gasteiger partial charge is 0.433 e. The molecule has 1 aromatic rings. The van der Waals surface area contributed by atoms with Crippen molar-refractivity contribution in [3.8, 4) is 0 Å². The van der Waals surface area contributed by atoms with Crippen LogP contribution in [0.25, 0.3) is 0 Å². The molecule has 0 spiro atoms. The van der Waals surface area contributed by atoms with Crippen molar-refractivity contribution in [2.24, 2.45) is 0 Å². The fourth-order valence-electron chi connectivity index (χ4n) is 3.11. The van der Waals surface area contributed by atoms with Crippen LogP contribution in [0.2, 0.25) is 0 Å². The highest BCUT2D eigenvalue weighted by molar-refractivity contribution is 6.02. The van der Waals surface area contributed by atoms with Gasteiger partial charge in [0.25, 0.3) is 5.91 Å². The van der Waals surface area contributed by atoms with Gasteiger partial charge in [-0.2, -0.15) is 0 Å². The summed E-state index contributed by atoms with van der Waals surface area (Å²) in [5.41, 5.74) is -1.02. The zero-order valence-electron chi connectivity index (χ0n) is 14.3. The average molecular weight is 332 g/mol. The number of carbonyl (C=O) groups excluding carboxylic acids is 2. The second kappa shape index (κ2) is 6.76. The molecule has 0 unspecified atom stereocenters. The van der Waals surface area contributed by atoms with Crippen molar-refractivity contribution < 1.29 is 14.3 Å². The number of hydrogen-bond acceptors (Lipinski definition) is 6. The van der Waals surface area contributed by atoms with Crippen molar-refractivity contribution in [3.63, 3.8) is 0 Å². The molecule has 24 heavy (non-hydrogen) atoms. The molecular weight excluding hydrogens is 308 g/mol. The molecule has 3 rings (SSSR count). The minimum absolute atomic E-state index is 0.243. The van der Waals surface area contributed by atoms with Gasteiger partial charge in [0.05, 0.1) is 0 Å². The molecule has 130 valence electrons. The van der Waals surface area contributed by atoms with Crippen molar-refractivity contribution in [1.29, 1.82) is 0 Å². The van der Waals surface area contributed by atoms with Crippen LogP contribution in [0.5, 0.6) is 0 Å². The molecule has 2 aliphatic rings. The van der Waals surface area contributed by atoms with Gasteiger partial charge >= 0.3 is 6.09 Å². The molecule has 2 amide bonds. The summed E-state index contributed by atoms with van der Waals surface area (Å²) in [6.07, 6.45) is 2.06. The third kappa shape index (κ3) is 3.51. The Hall–Kier alpha value is -2.15. The van der Waals surface area contributed by atoms with Gasteiger partial charge in [0, 0.05) is 38.9 Å².